The second-order valence-corrected chi connectivity index (χ2v) is 7.21. The lowest BCUT2D eigenvalue weighted by atomic mass is 10.2. The van der Waals surface area contributed by atoms with E-state index in [-0.39, 0.29) is 24.0 Å². The van der Waals surface area contributed by atoms with E-state index in [1.807, 2.05) is 45.2 Å². The van der Waals surface area contributed by atoms with Gasteiger partial charge in [0.1, 0.15) is 11.5 Å². The van der Waals surface area contributed by atoms with Crippen LogP contribution in [0.3, 0.4) is 0 Å². The van der Waals surface area contributed by atoms with E-state index in [2.05, 4.69) is 25.3 Å². The number of benzene rings is 1. The van der Waals surface area contributed by atoms with Crippen molar-refractivity contribution in [1.82, 2.24) is 20.3 Å². The van der Waals surface area contributed by atoms with Crippen molar-refractivity contribution in [2.45, 2.75) is 26.9 Å². The zero-order valence-corrected chi connectivity index (χ0v) is 20.2. The molecular weight excluding hydrogens is 505 g/mol. The summed E-state index contributed by atoms with van der Waals surface area (Å²) in [6, 6.07) is 7.73. The van der Waals surface area contributed by atoms with E-state index in [1.54, 1.807) is 0 Å². The fourth-order valence-electron chi connectivity index (χ4n) is 3.31. The summed E-state index contributed by atoms with van der Waals surface area (Å²) in [4.78, 5) is 9.11. The summed E-state index contributed by atoms with van der Waals surface area (Å²) in [5, 5.41) is 8.21. The Morgan fingerprint density at radius 1 is 1.28 bits per heavy atom. The molecule has 0 amide bonds. The largest absolute Gasteiger partial charge is 0.493 e. The summed E-state index contributed by atoms with van der Waals surface area (Å²) in [7, 11) is 1.82. The zero-order chi connectivity index (χ0) is 19.9. The highest BCUT2D eigenvalue weighted by Crippen LogP contribution is 2.23. The molecule has 0 spiro atoms. The molecule has 0 atom stereocenters. The SMILES string of the molecule is CCOc1cc(Cl)ccc1CNC(=NC)N1CCN(Cc2cc(C)on2)CC1.I. The number of aryl methyl sites for hydroxylation is 1. The molecule has 29 heavy (non-hydrogen) atoms. The summed E-state index contributed by atoms with van der Waals surface area (Å²) in [6.45, 7) is 9.69. The maximum Gasteiger partial charge on any atom is 0.194 e. The standard InChI is InChI=1S/C20H28ClN5O2.HI/c1-4-27-19-12-17(21)6-5-16(19)13-23-20(22-3)26-9-7-25(8-10-26)14-18-11-15(2)28-24-18;/h5-6,11-12H,4,7-10,13-14H2,1-3H3,(H,22,23);1H. The van der Waals surface area contributed by atoms with E-state index in [1.165, 1.54) is 0 Å². The average molecular weight is 534 g/mol. The summed E-state index contributed by atoms with van der Waals surface area (Å²) < 4.78 is 10.9. The predicted octanol–water partition coefficient (Wildman–Crippen LogP) is 3.55. The monoisotopic (exact) mass is 533 g/mol. The first-order valence-corrected chi connectivity index (χ1v) is 9.98. The van der Waals surface area contributed by atoms with Crippen LogP contribution < -0.4 is 10.1 Å². The number of aromatic nitrogens is 1. The number of ether oxygens (including phenoxy) is 1. The summed E-state index contributed by atoms with van der Waals surface area (Å²) in [5.41, 5.74) is 2.05. The van der Waals surface area contributed by atoms with Gasteiger partial charge in [0.15, 0.2) is 5.96 Å². The second kappa shape index (κ2) is 11.6. The molecule has 1 aliphatic heterocycles. The topological polar surface area (TPSA) is 66.1 Å². The quantitative estimate of drug-likeness (QED) is 0.348. The molecule has 1 aliphatic rings. The number of nitrogens with zero attached hydrogens (tertiary/aromatic N) is 4. The number of hydrogen-bond acceptors (Lipinski definition) is 5. The van der Waals surface area contributed by atoms with E-state index in [0.717, 1.165) is 61.5 Å². The molecule has 0 unspecified atom stereocenters. The first-order valence-electron chi connectivity index (χ1n) is 9.60. The molecule has 7 nitrogen and oxygen atoms in total. The Kier molecular flexibility index (Phi) is 9.51. The third-order valence-corrected chi connectivity index (χ3v) is 4.95. The fraction of sp³-hybridized carbons (Fsp3) is 0.500. The van der Waals surface area contributed by atoms with Crippen LogP contribution in [0.1, 0.15) is 23.9 Å². The van der Waals surface area contributed by atoms with Crippen LogP contribution in [0.4, 0.5) is 0 Å². The molecule has 160 valence electrons. The number of guanidine groups is 1. The van der Waals surface area contributed by atoms with Crippen LogP contribution in [0.15, 0.2) is 33.8 Å². The molecule has 2 heterocycles. The van der Waals surface area contributed by atoms with Gasteiger partial charge in [-0.25, -0.2) is 0 Å². The van der Waals surface area contributed by atoms with Crippen LogP contribution in [-0.2, 0) is 13.1 Å². The minimum absolute atomic E-state index is 0. The van der Waals surface area contributed by atoms with Crippen LogP contribution in [0.2, 0.25) is 5.02 Å². The first-order chi connectivity index (χ1) is 13.6. The van der Waals surface area contributed by atoms with Crippen molar-refractivity contribution >= 4 is 41.5 Å². The molecule has 2 aromatic rings. The maximum atomic E-state index is 6.09. The highest BCUT2D eigenvalue weighted by Gasteiger charge is 2.20. The third-order valence-electron chi connectivity index (χ3n) is 4.71. The van der Waals surface area contributed by atoms with Gasteiger partial charge in [-0.15, -0.1) is 24.0 Å². The van der Waals surface area contributed by atoms with Crippen LogP contribution >= 0.6 is 35.6 Å². The van der Waals surface area contributed by atoms with Gasteiger partial charge in [0.2, 0.25) is 0 Å². The Balaban J connectivity index is 0.00000300. The first kappa shape index (κ1) is 23.8. The van der Waals surface area contributed by atoms with Crippen LogP contribution in [0.5, 0.6) is 5.75 Å². The third kappa shape index (κ3) is 6.75. The molecule has 0 aliphatic carbocycles. The highest BCUT2D eigenvalue weighted by atomic mass is 127. The van der Waals surface area contributed by atoms with Crippen molar-refractivity contribution in [2.75, 3.05) is 39.8 Å². The second-order valence-electron chi connectivity index (χ2n) is 6.78. The van der Waals surface area contributed by atoms with E-state index in [9.17, 15) is 0 Å². The van der Waals surface area contributed by atoms with Gasteiger partial charge in [0, 0.05) is 63.0 Å². The van der Waals surface area contributed by atoms with Crippen molar-refractivity contribution in [3.8, 4) is 5.75 Å². The van der Waals surface area contributed by atoms with Crippen molar-refractivity contribution < 1.29 is 9.26 Å². The van der Waals surface area contributed by atoms with Gasteiger partial charge in [-0.3, -0.25) is 9.89 Å². The number of piperazine rings is 1. The number of aliphatic imine (C=N–C) groups is 1. The van der Waals surface area contributed by atoms with Gasteiger partial charge in [-0.05, 0) is 26.0 Å². The van der Waals surface area contributed by atoms with Crippen molar-refractivity contribution in [2.24, 2.45) is 4.99 Å². The summed E-state index contributed by atoms with van der Waals surface area (Å²) >= 11 is 6.09. The number of rotatable bonds is 6. The van der Waals surface area contributed by atoms with Gasteiger partial charge in [-0.1, -0.05) is 22.8 Å². The fourth-order valence-corrected chi connectivity index (χ4v) is 3.47. The molecule has 3 rings (SSSR count). The molecule has 1 saturated heterocycles. The molecule has 1 aromatic heterocycles. The Bertz CT molecular complexity index is 806. The minimum atomic E-state index is 0. The predicted molar refractivity (Wildman–Crippen MR) is 126 cm³/mol. The normalized spacial score (nSPS) is 15.2. The molecule has 0 radical (unpaired) electrons. The summed E-state index contributed by atoms with van der Waals surface area (Å²) in [6.07, 6.45) is 0. The Labute approximate surface area is 194 Å². The molecule has 1 N–H and O–H groups in total. The lowest BCUT2D eigenvalue weighted by molar-refractivity contribution is 0.169. The van der Waals surface area contributed by atoms with E-state index >= 15 is 0 Å². The van der Waals surface area contributed by atoms with Gasteiger partial charge in [0.25, 0.3) is 0 Å². The Morgan fingerprint density at radius 3 is 2.66 bits per heavy atom. The summed E-state index contributed by atoms with van der Waals surface area (Å²) in [5.74, 6) is 2.56. The zero-order valence-electron chi connectivity index (χ0n) is 17.2. The number of nitrogens with one attached hydrogen (secondary N) is 1. The lowest BCUT2D eigenvalue weighted by Gasteiger charge is -2.36. The van der Waals surface area contributed by atoms with Gasteiger partial charge in [-0.2, -0.15) is 0 Å². The average Bonchev–Trinajstić information content (AvgIpc) is 3.10. The van der Waals surface area contributed by atoms with Crippen LogP contribution in [0, 0.1) is 6.92 Å². The van der Waals surface area contributed by atoms with Gasteiger partial charge < -0.3 is 19.5 Å². The van der Waals surface area contributed by atoms with Crippen LogP contribution in [0.25, 0.3) is 0 Å². The molecule has 0 saturated carbocycles. The Morgan fingerprint density at radius 2 is 2.03 bits per heavy atom. The smallest absolute Gasteiger partial charge is 0.194 e. The van der Waals surface area contributed by atoms with Crippen molar-refractivity contribution in [3.05, 3.63) is 46.3 Å². The molecule has 1 fully saturated rings. The van der Waals surface area contributed by atoms with Crippen LogP contribution in [-0.4, -0.2) is 60.7 Å². The molecule has 9 heteroatoms. The van der Waals surface area contributed by atoms with Gasteiger partial charge >= 0.3 is 0 Å². The van der Waals surface area contributed by atoms with E-state index < -0.39 is 0 Å². The number of hydrogen-bond donors (Lipinski definition) is 1. The molecule has 0 bridgehead atoms. The number of halogens is 2. The van der Waals surface area contributed by atoms with E-state index in [4.69, 9.17) is 20.9 Å². The van der Waals surface area contributed by atoms with E-state index in [0.29, 0.717) is 18.2 Å². The molecular formula is C20H29ClIN5O2. The van der Waals surface area contributed by atoms with Crippen molar-refractivity contribution in [3.63, 3.8) is 0 Å². The minimum Gasteiger partial charge on any atom is -0.493 e. The van der Waals surface area contributed by atoms with Gasteiger partial charge in [0.05, 0.1) is 12.3 Å². The highest BCUT2D eigenvalue weighted by molar-refractivity contribution is 14.0. The van der Waals surface area contributed by atoms with Crippen molar-refractivity contribution in [1.29, 1.82) is 0 Å². The molecule has 1 aromatic carbocycles. The lowest BCUT2D eigenvalue weighted by Crippen LogP contribution is -2.52. The Hall–Kier alpha value is -1.52. The maximum absolute atomic E-state index is 6.09.